The summed E-state index contributed by atoms with van der Waals surface area (Å²) in [4.78, 5) is 13.7. The van der Waals surface area contributed by atoms with E-state index in [-0.39, 0.29) is 6.61 Å². The molecule has 5 nitrogen and oxygen atoms in total. The molecule has 1 aromatic rings. The molecule has 1 saturated heterocycles. The second-order valence-electron chi connectivity index (χ2n) is 6.70. The summed E-state index contributed by atoms with van der Waals surface area (Å²) in [6.45, 7) is 10.0. The summed E-state index contributed by atoms with van der Waals surface area (Å²) in [5, 5.41) is 10.2. The molecule has 2 rings (SSSR count). The lowest BCUT2D eigenvalue weighted by atomic mass is 10.1. The first kappa shape index (κ1) is 18.6. The van der Waals surface area contributed by atoms with Crippen LogP contribution in [0.25, 0.3) is 0 Å². The number of piperazine rings is 1. The quantitative estimate of drug-likeness (QED) is 0.579. The summed E-state index contributed by atoms with van der Waals surface area (Å²) >= 11 is 1.57. The molecule has 130 valence electrons. The zero-order valence-electron chi connectivity index (χ0n) is 14.6. The Balaban J connectivity index is 1.89. The third kappa shape index (κ3) is 6.03. The maximum atomic E-state index is 9.38. The molecule has 0 aliphatic carbocycles. The summed E-state index contributed by atoms with van der Waals surface area (Å²) in [7, 11) is 0. The standard InChI is InChI=1S/C17H30N4OS/c1-14(2)4-6-21-8-7-20(13-16(21)5-9-22)12-15-10-18-17(23-3)19-11-15/h10-11,14,16,22H,4-9,12-13H2,1-3H3/t16-/m0/s1. The molecule has 1 N–H and O–H groups in total. The average molecular weight is 339 g/mol. The molecule has 0 amide bonds. The van der Waals surface area contributed by atoms with E-state index in [9.17, 15) is 5.11 Å². The number of rotatable bonds is 8. The van der Waals surface area contributed by atoms with E-state index in [2.05, 4.69) is 33.6 Å². The lowest BCUT2D eigenvalue weighted by Crippen LogP contribution is -2.53. The SMILES string of the molecule is CSc1ncc(CN2CCN(CCC(C)C)[C@@H](CCO)C2)cn1. The fourth-order valence-corrected chi connectivity index (χ4v) is 3.35. The van der Waals surface area contributed by atoms with E-state index < -0.39 is 0 Å². The van der Waals surface area contributed by atoms with Crippen LogP contribution in [-0.2, 0) is 6.54 Å². The predicted octanol–water partition coefficient (Wildman–Crippen LogP) is 2.11. The van der Waals surface area contributed by atoms with Gasteiger partial charge < -0.3 is 5.11 Å². The maximum absolute atomic E-state index is 9.38. The van der Waals surface area contributed by atoms with Gasteiger partial charge in [-0.05, 0) is 31.6 Å². The number of hydrogen-bond donors (Lipinski definition) is 1. The zero-order chi connectivity index (χ0) is 16.7. The van der Waals surface area contributed by atoms with Crippen LogP contribution in [0.15, 0.2) is 17.6 Å². The van der Waals surface area contributed by atoms with Gasteiger partial charge in [0, 0.05) is 56.8 Å². The van der Waals surface area contributed by atoms with Gasteiger partial charge in [-0.3, -0.25) is 9.80 Å². The van der Waals surface area contributed by atoms with Crippen LogP contribution < -0.4 is 0 Å². The topological polar surface area (TPSA) is 52.5 Å². The van der Waals surface area contributed by atoms with Gasteiger partial charge in [0.1, 0.15) is 0 Å². The highest BCUT2D eigenvalue weighted by Crippen LogP contribution is 2.17. The molecular formula is C17H30N4OS. The van der Waals surface area contributed by atoms with Crippen LogP contribution in [0.1, 0.15) is 32.3 Å². The van der Waals surface area contributed by atoms with Gasteiger partial charge in [0.05, 0.1) is 0 Å². The molecule has 0 saturated carbocycles. The van der Waals surface area contributed by atoms with E-state index in [1.54, 1.807) is 11.8 Å². The normalized spacial score (nSPS) is 20.3. The fourth-order valence-electron chi connectivity index (χ4n) is 3.03. The second-order valence-corrected chi connectivity index (χ2v) is 7.47. The van der Waals surface area contributed by atoms with Crippen molar-refractivity contribution in [3.8, 4) is 0 Å². The number of thioether (sulfide) groups is 1. The highest BCUT2D eigenvalue weighted by molar-refractivity contribution is 7.98. The van der Waals surface area contributed by atoms with Crippen LogP contribution in [0.3, 0.4) is 0 Å². The van der Waals surface area contributed by atoms with Gasteiger partial charge in [-0.2, -0.15) is 0 Å². The Hall–Kier alpha value is -0.690. The fraction of sp³-hybridized carbons (Fsp3) is 0.765. The van der Waals surface area contributed by atoms with Gasteiger partial charge in [-0.1, -0.05) is 25.6 Å². The summed E-state index contributed by atoms with van der Waals surface area (Å²) in [5.74, 6) is 0.731. The minimum absolute atomic E-state index is 0.266. The van der Waals surface area contributed by atoms with Crippen LogP contribution in [0.5, 0.6) is 0 Å². The summed E-state index contributed by atoms with van der Waals surface area (Å²) in [6, 6.07) is 0.457. The molecule has 0 unspecified atom stereocenters. The van der Waals surface area contributed by atoms with Crippen molar-refractivity contribution >= 4 is 11.8 Å². The smallest absolute Gasteiger partial charge is 0.187 e. The number of aliphatic hydroxyl groups is 1. The van der Waals surface area contributed by atoms with Crippen molar-refractivity contribution < 1.29 is 5.11 Å². The van der Waals surface area contributed by atoms with Crippen LogP contribution in [0.2, 0.25) is 0 Å². The molecule has 0 bridgehead atoms. The van der Waals surface area contributed by atoms with Gasteiger partial charge in [0.2, 0.25) is 0 Å². The lowest BCUT2D eigenvalue weighted by molar-refractivity contribution is 0.0523. The molecule has 1 aliphatic heterocycles. The van der Waals surface area contributed by atoms with Gasteiger partial charge in [-0.15, -0.1) is 0 Å². The number of nitrogens with zero attached hydrogens (tertiary/aromatic N) is 4. The Morgan fingerprint density at radius 1 is 1.30 bits per heavy atom. The Morgan fingerprint density at radius 2 is 2.04 bits per heavy atom. The van der Waals surface area contributed by atoms with Crippen molar-refractivity contribution in [2.75, 3.05) is 39.0 Å². The summed E-state index contributed by atoms with van der Waals surface area (Å²) < 4.78 is 0. The molecule has 0 spiro atoms. The number of hydrogen-bond acceptors (Lipinski definition) is 6. The van der Waals surface area contributed by atoms with Crippen LogP contribution in [0, 0.1) is 5.92 Å². The maximum Gasteiger partial charge on any atom is 0.187 e. The van der Waals surface area contributed by atoms with Crippen LogP contribution >= 0.6 is 11.8 Å². The average Bonchev–Trinajstić information content (AvgIpc) is 2.55. The lowest BCUT2D eigenvalue weighted by Gasteiger charge is -2.41. The molecule has 1 atom stereocenters. The largest absolute Gasteiger partial charge is 0.396 e. The Kier molecular flexibility index (Phi) is 7.76. The van der Waals surface area contributed by atoms with Gasteiger partial charge in [0.25, 0.3) is 0 Å². The molecule has 1 aliphatic rings. The van der Waals surface area contributed by atoms with Crippen molar-refractivity contribution in [1.82, 2.24) is 19.8 Å². The van der Waals surface area contributed by atoms with Crippen molar-refractivity contribution in [2.45, 2.75) is 44.4 Å². The molecule has 1 aromatic heterocycles. The first-order valence-electron chi connectivity index (χ1n) is 8.54. The molecular weight excluding hydrogens is 308 g/mol. The van der Waals surface area contributed by atoms with Gasteiger partial charge in [0.15, 0.2) is 5.16 Å². The van der Waals surface area contributed by atoms with Gasteiger partial charge >= 0.3 is 0 Å². The van der Waals surface area contributed by atoms with E-state index in [1.165, 1.54) is 12.0 Å². The molecule has 0 aromatic carbocycles. The molecule has 1 fully saturated rings. The number of aromatic nitrogens is 2. The van der Waals surface area contributed by atoms with Crippen molar-refractivity contribution in [2.24, 2.45) is 5.92 Å². The monoisotopic (exact) mass is 338 g/mol. The van der Waals surface area contributed by atoms with Crippen molar-refractivity contribution in [1.29, 1.82) is 0 Å². The summed E-state index contributed by atoms with van der Waals surface area (Å²) in [6.07, 6.45) is 7.95. The molecule has 23 heavy (non-hydrogen) atoms. The van der Waals surface area contributed by atoms with Crippen molar-refractivity contribution in [3.05, 3.63) is 18.0 Å². The second kappa shape index (κ2) is 9.57. The minimum Gasteiger partial charge on any atom is -0.396 e. The van der Waals surface area contributed by atoms with E-state index in [0.29, 0.717) is 6.04 Å². The minimum atomic E-state index is 0.266. The predicted molar refractivity (Wildman–Crippen MR) is 95.6 cm³/mol. The zero-order valence-corrected chi connectivity index (χ0v) is 15.4. The summed E-state index contributed by atoms with van der Waals surface area (Å²) in [5.41, 5.74) is 1.17. The van der Waals surface area contributed by atoms with Gasteiger partial charge in [-0.25, -0.2) is 9.97 Å². The molecule has 0 radical (unpaired) electrons. The third-order valence-corrected chi connectivity index (χ3v) is 4.99. The van der Waals surface area contributed by atoms with Crippen molar-refractivity contribution in [3.63, 3.8) is 0 Å². The highest BCUT2D eigenvalue weighted by atomic mass is 32.2. The third-order valence-electron chi connectivity index (χ3n) is 4.42. The highest BCUT2D eigenvalue weighted by Gasteiger charge is 2.26. The van der Waals surface area contributed by atoms with E-state index >= 15 is 0 Å². The first-order chi connectivity index (χ1) is 11.1. The van der Waals surface area contributed by atoms with Crippen LogP contribution in [-0.4, -0.2) is 70.0 Å². The Morgan fingerprint density at radius 3 is 2.65 bits per heavy atom. The van der Waals surface area contributed by atoms with E-state index in [4.69, 9.17) is 0 Å². The van der Waals surface area contributed by atoms with E-state index in [1.807, 2.05) is 18.6 Å². The van der Waals surface area contributed by atoms with E-state index in [0.717, 1.165) is 50.2 Å². The molecule has 6 heteroatoms. The first-order valence-corrected chi connectivity index (χ1v) is 9.77. The van der Waals surface area contributed by atoms with Crippen LogP contribution in [0.4, 0.5) is 0 Å². The Bertz CT molecular complexity index is 454. The molecule has 2 heterocycles. The number of aliphatic hydroxyl groups excluding tert-OH is 1. The Labute approximate surface area is 144 Å².